The Labute approximate surface area is 188 Å². The number of hydrogen-bond acceptors (Lipinski definition) is 2. The van der Waals surface area contributed by atoms with Gasteiger partial charge in [0.1, 0.15) is 17.1 Å². The van der Waals surface area contributed by atoms with E-state index in [2.05, 4.69) is 55.5 Å². The highest BCUT2D eigenvalue weighted by molar-refractivity contribution is 5.85. The molecule has 32 heavy (non-hydrogen) atoms. The van der Waals surface area contributed by atoms with Gasteiger partial charge < -0.3 is 5.11 Å². The third-order valence-electron chi connectivity index (χ3n) is 5.74. The summed E-state index contributed by atoms with van der Waals surface area (Å²) in [6.07, 6.45) is 0.770. The predicted molar refractivity (Wildman–Crippen MR) is 131 cm³/mol. The zero-order valence-electron chi connectivity index (χ0n) is 17.9. The topological polar surface area (TPSA) is 38.0 Å². The van der Waals surface area contributed by atoms with Crippen LogP contribution in [0.5, 0.6) is 5.75 Å². The van der Waals surface area contributed by atoms with Gasteiger partial charge in [-0.05, 0) is 23.6 Å². The molecule has 0 aliphatic rings. The molecule has 4 aromatic carbocycles. The van der Waals surface area contributed by atoms with Gasteiger partial charge in [-0.25, -0.2) is 4.68 Å². The van der Waals surface area contributed by atoms with Crippen LogP contribution in [-0.2, 0) is 6.42 Å². The van der Waals surface area contributed by atoms with Crippen LogP contribution in [0.4, 0.5) is 0 Å². The molecule has 5 rings (SSSR count). The average Bonchev–Trinajstić information content (AvgIpc) is 3.24. The predicted octanol–water partition coefficient (Wildman–Crippen LogP) is 7.14. The van der Waals surface area contributed by atoms with E-state index in [0.29, 0.717) is 5.69 Å². The van der Waals surface area contributed by atoms with E-state index in [1.54, 1.807) is 6.07 Å². The Morgan fingerprint density at radius 2 is 1.22 bits per heavy atom. The highest BCUT2D eigenvalue weighted by atomic mass is 16.3. The van der Waals surface area contributed by atoms with Gasteiger partial charge in [-0.15, -0.1) is 0 Å². The largest absolute Gasteiger partial charge is 0.506 e. The molecule has 5 aromatic rings. The van der Waals surface area contributed by atoms with Crippen molar-refractivity contribution in [2.75, 3.05) is 0 Å². The summed E-state index contributed by atoms with van der Waals surface area (Å²) >= 11 is 0. The van der Waals surface area contributed by atoms with Crippen LogP contribution in [0.3, 0.4) is 0 Å². The van der Waals surface area contributed by atoms with Crippen molar-refractivity contribution < 1.29 is 5.11 Å². The van der Waals surface area contributed by atoms with E-state index >= 15 is 0 Å². The number of nitrogens with zero attached hydrogens (tertiary/aromatic N) is 2. The van der Waals surface area contributed by atoms with E-state index in [1.807, 2.05) is 59.3 Å². The van der Waals surface area contributed by atoms with Crippen LogP contribution >= 0.6 is 0 Å². The summed E-state index contributed by atoms with van der Waals surface area (Å²) in [5.41, 5.74) is 7.93. The Morgan fingerprint density at radius 3 is 1.81 bits per heavy atom. The van der Waals surface area contributed by atoms with Crippen LogP contribution < -0.4 is 0 Å². The molecule has 156 valence electrons. The van der Waals surface area contributed by atoms with Crippen LogP contribution in [0.1, 0.15) is 12.6 Å². The van der Waals surface area contributed by atoms with Crippen molar-refractivity contribution in [3.8, 4) is 44.9 Å². The summed E-state index contributed by atoms with van der Waals surface area (Å²) in [5, 5.41) is 16.1. The Bertz CT molecular complexity index is 1340. The van der Waals surface area contributed by atoms with Crippen LogP contribution in [0.15, 0.2) is 109 Å². The molecule has 0 unspecified atom stereocenters. The van der Waals surface area contributed by atoms with E-state index in [0.717, 1.165) is 45.6 Å². The van der Waals surface area contributed by atoms with Crippen LogP contribution in [0, 0.1) is 0 Å². The molecule has 3 heteroatoms. The standard InChI is InChI=1S/C29H24N2O/c1-2-25-27(22-15-8-4-9-16-22)28(23-17-10-5-11-18-23)30-31(25)29-24(19-12-20-26(29)32)21-13-6-3-7-14-21/h3-20,32H,2H2,1H3. The zero-order valence-corrected chi connectivity index (χ0v) is 17.9. The highest BCUT2D eigenvalue weighted by Gasteiger charge is 2.23. The lowest BCUT2D eigenvalue weighted by Gasteiger charge is -2.15. The molecule has 3 nitrogen and oxygen atoms in total. The van der Waals surface area contributed by atoms with Crippen LogP contribution in [0.25, 0.3) is 39.2 Å². The molecule has 0 bridgehead atoms. The monoisotopic (exact) mass is 416 g/mol. The fourth-order valence-corrected chi connectivity index (χ4v) is 4.28. The molecule has 0 atom stereocenters. The normalized spacial score (nSPS) is 10.9. The maximum absolute atomic E-state index is 11.0. The first-order chi connectivity index (χ1) is 15.8. The lowest BCUT2D eigenvalue weighted by Crippen LogP contribution is -2.04. The maximum Gasteiger partial charge on any atom is 0.141 e. The molecule has 0 aliphatic carbocycles. The van der Waals surface area contributed by atoms with Gasteiger partial charge in [-0.3, -0.25) is 0 Å². The number of hydrogen-bond donors (Lipinski definition) is 1. The Hall–Kier alpha value is -4.11. The van der Waals surface area contributed by atoms with Gasteiger partial charge in [-0.1, -0.05) is 110 Å². The van der Waals surface area contributed by atoms with Crippen molar-refractivity contribution in [1.29, 1.82) is 0 Å². The molecule has 0 saturated heterocycles. The third kappa shape index (κ3) is 3.48. The Morgan fingerprint density at radius 1 is 0.656 bits per heavy atom. The molecular formula is C29H24N2O. The van der Waals surface area contributed by atoms with Crippen molar-refractivity contribution in [3.63, 3.8) is 0 Å². The molecule has 0 fully saturated rings. The summed E-state index contributed by atoms with van der Waals surface area (Å²) in [7, 11) is 0. The number of phenolic OH excluding ortho intramolecular Hbond substituents is 1. The minimum Gasteiger partial charge on any atom is -0.506 e. The van der Waals surface area contributed by atoms with Gasteiger partial charge >= 0.3 is 0 Å². The van der Waals surface area contributed by atoms with E-state index in [-0.39, 0.29) is 5.75 Å². The molecule has 0 aliphatic heterocycles. The van der Waals surface area contributed by atoms with Crippen LogP contribution in [-0.4, -0.2) is 14.9 Å². The van der Waals surface area contributed by atoms with E-state index < -0.39 is 0 Å². The molecule has 0 saturated carbocycles. The van der Waals surface area contributed by atoms with Crippen molar-refractivity contribution in [2.24, 2.45) is 0 Å². The van der Waals surface area contributed by atoms with Crippen molar-refractivity contribution in [3.05, 3.63) is 115 Å². The SMILES string of the molecule is CCc1c(-c2ccccc2)c(-c2ccccc2)nn1-c1c(O)cccc1-c1ccccc1. The second kappa shape index (κ2) is 8.56. The van der Waals surface area contributed by atoms with Gasteiger partial charge in [0.05, 0.1) is 5.69 Å². The summed E-state index contributed by atoms with van der Waals surface area (Å²) in [6, 6.07) is 36.4. The first-order valence-electron chi connectivity index (χ1n) is 10.9. The van der Waals surface area contributed by atoms with Crippen molar-refractivity contribution in [2.45, 2.75) is 13.3 Å². The molecule has 1 aromatic heterocycles. The summed E-state index contributed by atoms with van der Waals surface area (Å²) in [6.45, 7) is 2.14. The van der Waals surface area contributed by atoms with Crippen molar-refractivity contribution in [1.82, 2.24) is 9.78 Å². The maximum atomic E-state index is 11.0. The number of aromatic hydroxyl groups is 1. The molecular weight excluding hydrogens is 392 g/mol. The summed E-state index contributed by atoms with van der Waals surface area (Å²) in [5.74, 6) is 0.211. The van der Waals surface area contributed by atoms with E-state index in [1.165, 1.54) is 0 Å². The van der Waals surface area contributed by atoms with Crippen LogP contribution in [0.2, 0.25) is 0 Å². The molecule has 1 N–H and O–H groups in total. The number of para-hydroxylation sites is 1. The lowest BCUT2D eigenvalue weighted by atomic mass is 9.97. The number of rotatable bonds is 5. The smallest absolute Gasteiger partial charge is 0.141 e. The second-order valence-electron chi connectivity index (χ2n) is 7.71. The van der Waals surface area contributed by atoms with Gasteiger partial charge in [-0.2, -0.15) is 5.10 Å². The Kier molecular flexibility index (Phi) is 5.30. The first kappa shape index (κ1) is 19.8. The summed E-state index contributed by atoms with van der Waals surface area (Å²) < 4.78 is 1.93. The third-order valence-corrected chi connectivity index (χ3v) is 5.74. The van der Waals surface area contributed by atoms with Gasteiger partial charge in [0, 0.05) is 16.7 Å². The van der Waals surface area contributed by atoms with Gasteiger partial charge in [0.2, 0.25) is 0 Å². The molecule has 0 spiro atoms. The number of benzene rings is 4. The minimum atomic E-state index is 0.211. The number of aromatic nitrogens is 2. The van der Waals surface area contributed by atoms with Gasteiger partial charge in [0.15, 0.2) is 0 Å². The Balaban J connectivity index is 1.84. The summed E-state index contributed by atoms with van der Waals surface area (Å²) in [4.78, 5) is 0. The minimum absolute atomic E-state index is 0.211. The van der Waals surface area contributed by atoms with E-state index in [4.69, 9.17) is 5.10 Å². The average molecular weight is 417 g/mol. The molecule has 0 amide bonds. The van der Waals surface area contributed by atoms with Gasteiger partial charge in [0.25, 0.3) is 0 Å². The first-order valence-corrected chi connectivity index (χ1v) is 10.9. The fraction of sp³-hybridized carbons (Fsp3) is 0.0690. The quantitative estimate of drug-likeness (QED) is 0.331. The molecule has 0 radical (unpaired) electrons. The second-order valence-corrected chi connectivity index (χ2v) is 7.71. The highest BCUT2D eigenvalue weighted by Crippen LogP contribution is 2.40. The van der Waals surface area contributed by atoms with E-state index in [9.17, 15) is 5.11 Å². The fourth-order valence-electron chi connectivity index (χ4n) is 4.28. The zero-order chi connectivity index (χ0) is 21.9. The molecule has 1 heterocycles. The number of phenols is 1. The van der Waals surface area contributed by atoms with Crippen molar-refractivity contribution >= 4 is 0 Å². The lowest BCUT2D eigenvalue weighted by molar-refractivity contribution is 0.470.